The van der Waals surface area contributed by atoms with E-state index in [1.165, 1.54) is 10.9 Å². The van der Waals surface area contributed by atoms with Gasteiger partial charge in [-0.1, -0.05) is 20.3 Å². The molecular formula is C18H24N4O3. The molecule has 7 nitrogen and oxygen atoms in total. The van der Waals surface area contributed by atoms with E-state index in [-0.39, 0.29) is 23.4 Å². The fourth-order valence-corrected chi connectivity index (χ4v) is 3.31. The van der Waals surface area contributed by atoms with Gasteiger partial charge in [-0.15, -0.1) is 0 Å². The van der Waals surface area contributed by atoms with Crippen LogP contribution < -0.4 is 10.9 Å². The smallest absolute Gasteiger partial charge is 0.270 e. The molecule has 0 saturated heterocycles. The number of fused-ring (bicyclic) bond motifs is 1. The van der Waals surface area contributed by atoms with Crippen LogP contribution in [0.25, 0.3) is 5.65 Å². The number of carbonyl (C=O) groups is 1. The molecule has 0 spiro atoms. The van der Waals surface area contributed by atoms with Crippen molar-refractivity contribution < 1.29 is 9.90 Å². The van der Waals surface area contributed by atoms with Crippen molar-refractivity contribution in [3.8, 4) is 5.88 Å². The van der Waals surface area contributed by atoms with Gasteiger partial charge < -0.3 is 10.4 Å². The second-order valence-corrected chi connectivity index (χ2v) is 7.72. The van der Waals surface area contributed by atoms with Crippen molar-refractivity contribution in [3.05, 3.63) is 27.7 Å². The van der Waals surface area contributed by atoms with Crippen LogP contribution in [0.15, 0.2) is 10.9 Å². The molecule has 2 saturated carbocycles. The van der Waals surface area contributed by atoms with Gasteiger partial charge in [0, 0.05) is 24.6 Å². The van der Waals surface area contributed by atoms with E-state index >= 15 is 0 Å². The van der Waals surface area contributed by atoms with E-state index in [2.05, 4.69) is 10.4 Å². The van der Waals surface area contributed by atoms with E-state index in [1.54, 1.807) is 4.57 Å². The molecule has 7 heteroatoms. The van der Waals surface area contributed by atoms with E-state index in [9.17, 15) is 14.7 Å². The summed E-state index contributed by atoms with van der Waals surface area (Å²) in [5.41, 5.74) is 0.791. The molecule has 2 aliphatic rings. The predicted molar refractivity (Wildman–Crippen MR) is 93.0 cm³/mol. The van der Waals surface area contributed by atoms with Crippen LogP contribution in [0, 0.1) is 5.92 Å². The van der Waals surface area contributed by atoms with Crippen LogP contribution >= 0.6 is 0 Å². The average molecular weight is 344 g/mol. The minimum absolute atomic E-state index is 0.115. The Morgan fingerprint density at radius 2 is 2.08 bits per heavy atom. The van der Waals surface area contributed by atoms with E-state index in [0.29, 0.717) is 18.1 Å². The average Bonchev–Trinajstić information content (AvgIpc) is 3.18. The number of aromatic nitrogens is 3. The maximum absolute atomic E-state index is 12.9. The van der Waals surface area contributed by atoms with Crippen LogP contribution in [0.4, 0.5) is 0 Å². The van der Waals surface area contributed by atoms with Crippen molar-refractivity contribution >= 4 is 11.6 Å². The second-order valence-electron chi connectivity index (χ2n) is 7.72. The van der Waals surface area contributed by atoms with Crippen molar-refractivity contribution in [1.29, 1.82) is 0 Å². The first-order valence-electron chi connectivity index (χ1n) is 9.12. The highest BCUT2D eigenvalue weighted by atomic mass is 16.3. The molecule has 25 heavy (non-hydrogen) atoms. The maximum atomic E-state index is 12.9. The maximum Gasteiger partial charge on any atom is 0.270 e. The lowest BCUT2D eigenvalue weighted by atomic mass is 9.83. The fourth-order valence-electron chi connectivity index (χ4n) is 3.31. The van der Waals surface area contributed by atoms with Crippen LogP contribution in [0.2, 0.25) is 0 Å². The van der Waals surface area contributed by atoms with Gasteiger partial charge in [0.2, 0.25) is 5.88 Å². The van der Waals surface area contributed by atoms with E-state index in [1.807, 2.05) is 19.9 Å². The third-order valence-corrected chi connectivity index (χ3v) is 5.08. The van der Waals surface area contributed by atoms with Crippen molar-refractivity contribution in [2.75, 3.05) is 0 Å². The summed E-state index contributed by atoms with van der Waals surface area (Å²) in [6, 6.07) is 2.00. The van der Waals surface area contributed by atoms with Gasteiger partial charge in [-0.25, -0.2) is 0 Å². The molecule has 2 heterocycles. The first-order valence-corrected chi connectivity index (χ1v) is 9.12. The monoisotopic (exact) mass is 344 g/mol. The Kier molecular flexibility index (Phi) is 3.81. The highest BCUT2D eigenvalue weighted by Gasteiger charge is 2.30. The first kappa shape index (κ1) is 16.2. The molecule has 134 valence electrons. The molecule has 2 aromatic heterocycles. The summed E-state index contributed by atoms with van der Waals surface area (Å²) in [4.78, 5) is 25.4. The fraction of sp³-hybridized carbons (Fsp3) is 0.611. The van der Waals surface area contributed by atoms with Gasteiger partial charge in [0.1, 0.15) is 5.65 Å². The lowest BCUT2D eigenvalue weighted by Gasteiger charge is -2.22. The Labute approximate surface area is 145 Å². The molecule has 0 atom stereocenters. The normalized spacial score (nSPS) is 17.9. The van der Waals surface area contributed by atoms with Gasteiger partial charge in [0.25, 0.3) is 11.5 Å². The standard InChI is InChI=1S/C18H24N4O3/c1-10(2)9-21-14-8-13(11-4-3-5-11)20-22(14)18(25)15(17(21)24)16(23)19-12-6-7-12/h8,10-12,25H,3-7,9H2,1-2H3,(H,19,23). The summed E-state index contributed by atoms with van der Waals surface area (Å²) < 4.78 is 2.93. The lowest BCUT2D eigenvalue weighted by molar-refractivity contribution is 0.0944. The summed E-state index contributed by atoms with van der Waals surface area (Å²) in [7, 11) is 0. The highest BCUT2D eigenvalue weighted by Crippen LogP contribution is 2.36. The number of nitrogens with one attached hydrogen (secondary N) is 1. The highest BCUT2D eigenvalue weighted by molar-refractivity contribution is 5.96. The topological polar surface area (TPSA) is 88.6 Å². The van der Waals surface area contributed by atoms with Crippen molar-refractivity contribution in [2.45, 2.75) is 64.5 Å². The Bertz CT molecular complexity index is 888. The Hall–Kier alpha value is -2.31. The Balaban J connectivity index is 1.88. The third kappa shape index (κ3) is 2.81. The van der Waals surface area contributed by atoms with Crippen molar-refractivity contribution in [3.63, 3.8) is 0 Å². The zero-order valence-electron chi connectivity index (χ0n) is 14.7. The molecular weight excluding hydrogens is 320 g/mol. The first-order chi connectivity index (χ1) is 12.0. The number of rotatable bonds is 5. The molecule has 2 aromatic rings. The van der Waals surface area contributed by atoms with Crippen LogP contribution in [0.5, 0.6) is 5.88 Å². The molecule has 2 fully saturated rings. The molecule has 2 N–H and O–H groups in total. The van der Waals surface area contributed by atoms with Gasteiger partial charge >= 0.3 is 0 Å². The molecule has 4 rings (SSSR count). The zero-order valence-corrected chi connectivity index (χ0v) is 14.7. The van der Waals surface area contributed by atoms with Crippen LogP contribution in [-0.4, -0.2) is 31.2 Å². The van der Waals surface area contributed by atoms with Crippen molar-refractivity contribution in [1.82, 2.24) is 19.5 Å². The van der Waals surface area contributed by atoms with Crippen LogP contribution in [0.3, 0.4) is 0 Å². The Morgan fingerprint density at radius 3 is 2.64 bits per heavy atom. The summed E-state index contributed by atoms with van der Waals surface area (Å²) in [5, 5.41) is 17.9. The minimum atomic E-state index is -0.509. The number of aromatic hydroxyl groups is 1. The zero-order chi connectivity index (χ0) is 17.7. The van der Waals surface area contributed by atoms with Crippen LogP contribution in [0.1, 0.15) is 67.9 Å². The minimum Gasteiger partial charge on any atom is -0.492 e. The van der Waals surface area contributed by atoms with Gasteiger partial charge in [0.15, 0.2) is 5.56 Å². The summed E-state index contributed by atoms with van der Waals surface area (Å²) in [6.45, 7) is 4.51. The van der Waals surface area contributed by atoms with E-state index in [0.717, 1.165) is 31.4 Å². The molecule has 0 aliphatic heterocycles. The number of nitrogens with zero attached hydrogens (tertiary/aromatic N) is 3. The number of hydrogen-bond acceptors (Lipinski definition) is 4. The quantitative estimate of drug-likeness (QED) is 0.868. The molecule has 0 unspecified atom stereocenters. The number of hydrogen-bond donors (Lipinski definition) is 2. The molecule has 0 aromatic carbocycles. The molecule has 2 aliphatic carbocycles. The SMILES string of the molecule is CC(C)Cn1c(=O)c(C(=O)NC2CC2)c(O)n2nc(C3CCC3)cc12. The van der Waals surface area contributed by atoms with E-state index in [4.69, 9.17) is 0 Å². The Morgan fingerprint density at radius 1 is 1.36 bits per heavy atom. The van der Waals surface area contributed by atoms with Crippen LogP contribution in [-0.2, 0) is 6.54 Å². The van der Waals surface area contributed by atoms with Gasteiger partial charge in [-0.05, 0) is 31.6 Å². The number of amides is 1. The lowest BCUT2D eigenvalue weighted by Crippen LogP contribution is -2.36. The third-order valence-electron chi connectivity index (χ3n) is 5.08. The summed E-state index contributed by atoms with van der Waals surface area (Å²) >= 11 is 0. The van der Waals surface area contributed by atoms with Crippen molar-refractivity contribution in [2.24, 2.45) is 5.92 Å². The largest absolute Gasteiger partial charge is 0.492 e. The molecule has 1 amide bonds. The van der Waals surface area contributed by atoms with Gasteiger partial charge in [-0.3, -0.25) is 14.2 Å². The van der Waals surface area contributed by atoms with E-state index < -0.39 is 11.5 Å². The summed E-state index contributed by atoms with van der Waals surface area (Å²) in [5.74, 6) is -0.257. The molecule has 0 radical (unpaired) electrons. The van der Waals surface area contributed by atoms with Gasteiger partial charge in [0.05, 0.1) is 5.69 Å². The predicted octanol–water partition coefficient (Wildman–Crippen LogP) is 2.02. The van der Waals surface area contributed by atoms with Gasteiger partial charge in [-0.2, -0.15) is 9.61 Å². The summed E-state index contributed by atoms with van der Waals surface area (Å²) in [6.07, 6.45) is 5.17. The second kappa shape index (κ2) is 5.89. The number of carbonyl (C=O) groups excluding carboxylic acids is 1. The molecule has 0 bridgehead atoms.